The number of aliphatic hydroxyl groups is 1. The predicted molar refractivity (Wildman–Crippen MR) is 451 cm³/mol. The van der Waals surface area contributed by atoms with Crippen molar-refractivity contribution in [3.63, 3.8) is 0 Å². The average molecular weight is 1590 g/mol. The van der Waals surface area contributed by atoms with Crippen molar-refractivity contribution in [2.75, 3.05) is 39.6 Å². The number of phosphoric acid groups is 2. The monoisotopic (exact) mass is 1590 g/mol. The van der Waals surface area contributed by atoms with Crippen molar-refractivity contribution in [1.29, 1.82) is 0 Å². The molecule has 3 N–H and O–H groups in total. The van der Waals surface area contributed by atoms with Gasteiger partial charge in [0.25, 0.3) is 0 Å². The summed E-state index contributed by atoms with van der Waals surface area (Å²) >= 11 is 0. The zero-order chi connectivity index (χ0) is 79.7. The van der Waals surface area contributed by atoms with E-state index < -0.39 is 97.5 Å². The van der Waals surface area contributed by atoms with Gasteiger partial charge in [-0.1, -0.05) is 439 Å². The maximum Gasteiger partial charge on any atom is 0.472 e. The molecule has 2 unspecified atom stereocenters. The molecule has 109 heavy (non-hydrogen) atoms. The highest BCUT2D eigenvalue weighted by Gasteiger charge is 2.31. The van der Waals surface area contributed by atoms with Gasteiger partial charge in [0.1, 0.15) is 19.3 Å². The summed E-state index contributed by atoms with van der Waals surface area (Å²) in [6, 6.07) is 0. The zero-order valence-corrected chi connectivity index (χ0v) is 73.5. The van der Waals surface area contributed by atoms with Crippen LogP contribution in [0.5, 0.6) is 0 Å². The van der Waals surface area contributed by atoms with Gasteiger partial charge in [-0.3, -0.25) is 37.3 Å². The third kappa shape index (κ3) is 83.8. The minimum absolute atomic E-state index is 0.109. The summed E-state index contributed by atoms with van der Waals surface area (Å²) in [4.78, 5) is 73.2. The number of hydrogen-bond donors (Lipinski definition) is 3. The topological polar surface area (TPSA) is 237 Å². The van der Waals surface area contributed by atoms with E-state index in [9.17, 15) is 43.2 Å². The normalized spacial score (nSPS) is 13.7. The summed E-state index contributed by atoms with van der Waals surface area (Å²) in [6.07, 6.45) is 78.2. The Labute approximate surface area is 670 Å². The highest BCUT2D eigenvalue weighted by molar-refractivity contribution is 7.47. The zero-order valence-electron chi connectivity index (χ0n) is 71.7. The van der Waals surface area contributed by atoms with Crippen molar-refractivity contribution in [2.45, 2.75) is 509 Å². The first-order valence-electron chi connectivity index (χ1n) is 46.6. The van der Waals surface area contributed by atoms with E-state index in [4.69, 9.17) is 37.0 Å². The van der Waals surface area contributed by atoms with Crippen molar-refractivity contribution in [3.05, 3.63) is 0 Å². The Bertz CT molecular complexity index is 2070. The third-order valence-corrected chi connectivity index (χ3v) is 23.2. The third-order valence-electron chi connectivity index (χ3n) is 21.3. The van der Waals surface area contributed by atoms with Crippen LogP contribution >= 0.6 is 15.6 Å². The molecule has 0 aromatic carbocycles. The molecule has 0 saturated carbocycles. The predicted octanol–water partition coefficient (Wildman–Crippen LogP) is 27.9. The van der Waals surface area contributed by atoms with Crippen LogP contribution in [-0.4, -0.2) is 96.7 Å². The smallest absolute Gasteiger partial charge is 0.462 e. The maximum atomic E-state index is 13.2. The molecule has 0 heterocycles. The van der Waals surface area contributed by atoms with Crippen molar-refractivity contribution < 1.29 is 80.2 Å². The van der Waals surface area contributed by atoms with Gasteiger partial charge in [-0.25, -0.2) is 9.13 Å². The van der Waals surface area contributed by atoms with E-state index in [0.717, 1.165) is 109 Å². The first-order valence-corrected chi connectivity index (χ1v) is 49.6. The van der Waals surface area contributed by atoms with Gasteiger partial charge < -0.3 is 33.8 Å². The number of phosphoric ester groups is 2. The van der Waals surface area contributed by atoms with Crippen LogP contribution in [0.2, 0.25) is 0 Å². The number of unbranched alkanes of at least 4 members (excludes halogenated alkanes) is 62. The number of carbonyl (C=O) groups excluding carboxylic acids is 4. The maximum absolute atomic E-state index is 13.2. The summed E-state index contributed by atoms with van der Waals surface area (Å²) in [5.41, 5.74) is 0. The Morgan fingerprint density at radius 1 is 0.248 bits per heavy atom. The summed E-state index contributed by atoms with van der Waals surface area (Å²) < 4.78 is 68.9. The first-order chi connectivity index (χ1) is 53.0. The van der Waals surface area contributed by atoms with Crippen LogP contribution in [0.3, 0.4) is 0 Å². The second-order valence-electron chi connectivity index (χ2n) is 32.8. The van der Waals surface area contributed by atoms with E-state index in [2.05, 4.69) is 34.6 Å². The largest absolute Gasteiger partial charge is 0.472 e. The lowest BCUT2D eigenvalue weighted by atomic mass is 10.0. The lowest BCUT2D eigenvalue weighted by Crippen LogP contribution is -2.30. The Kier molecular flexibility index (Phi) is 81.1. The van der Waals surface area contributed by atoms with E-state index in [1.54, 1.807) is 0 Å². The molecule has 0 aromatic heterocycles. The molecule has 19 heteroatoms. The number of ether oxygens (including phenoxy) is 4. The summed E-state index contributed by atoms with van der Waals surface area (Å²) in [7, 11) is -9.93. The molecule has 0 aliphatic heterocycles. The van der Waals surface area contributed by atoms with Crippen molar-refractivity contribution >= 4 is 39.5 Å². The van der Waals surface area contributed by atoms with E-state index in [-0.39, 0.29) is 25.7 Å². The molecule has 17 nitrogen and oxygen atoms in total. The SMILES string of the molecule is CCCCCCCCCCCCCCCCCCCCCCCC(=O)OC[C@H](COP(=O)(O)OC[C@@H](O)COP(=O)(O)OC[C@@H](COC(=O)CCCCCCCCC)OC(=O)CCCCCCCCCCCCCCCCCCCCCC)OC(=O)CCCCCCCCCCCCCCCCCCCCC(C)C. The summed E-state index contributed by atoms with van der Waals surface area (Å²) in [5.74, 6) is -1.28. The van der Waals surface area contributed by atoms with Crippen LogP contribution in [0.25, 0.3) is 0 Å². The van der Waals surface area contributed by atoms with Gasteiger partial charge in [-0.2, -0.15) is 0 Å². The molecule has 0 spiro atoms. The molecule has 0 amide bonds. The number of aliphatic hydroxyl groups excluding tert-OH is 1. The van der Waals surface area contributed by atoms with Gasteiger partial charge >= 0.3 is 39.5 Å². The molecular formula is C90H176O17P2. The molecule has 0 aromatic rings. The minimum atomic E-state index is -4.97. The Balaban J connectivity index is 5.14. The second kappa shape index (κ2) is 82.6. The molecule has 0 radical (unpaired) electrons. The number of hydrogen-bond acceptors (Lipinski definition) is 15. The Morgan fingerprint density at radius 3 is 0.624 bits per heavy atom. The van der Waals surface area contributed by atoms with Gasteiger partial charge in [0.15, 0.2) is 12.2 Å². The van der Waals surface area contributed by atoms with Crippen LogP contribution in [0, 0.1) is 5.92 Å². The van der Waals surface area contributed by atoms with Gasteiger partial charge in [0.05, 0.1) is 26.4 Å². The number of carbonyl (C=O) groups is 4. The quantitative estimate of drug-likeness (QED) is 0.0222. The molecular weight excluding hydrogens is 1410 g/mol. The standard InChI is InChI=1S/C90H176O17P2/c1-6-9-12-15-18-20-22-24-26-28-30-32-34-38-42-46-50-54-59-64-69-74-88(93)101-80-86(107-90(95)76-71-66-61-56-52-48-44-40-36-35-37-41-45-49-53-58-62-67-72-83(4)5)82-105-109(98,99)103-78-84(91)77-102-108(96,97)104-81-85(79-100-87(92)73-68-63-57-17-14-11-8-3)106-89(94)75-70-65-60-55-51-47-43-39-33-31-29-27-25-23-21-19-16-13-10-7-2/h83-86,91H,6-82H2,1-5H3,(H,96,97)(H,98,99)/t84-,85+,86+/m0/s1. The van der Waals surface area contributed by atoms with Crippen LogP contribution < -0.4 is 0 Å². The van der Waals surface area contributed by atoms with Crippen molar-refractivity contribution in [3.8, 4) is 0 Å². The fourth-order valence-electron chi connectivity index (χ4n) is 14.2. The summed E-state index contributed by atoms with van der Waals surface area (Å²) in [6.45, 7) is 7.38. The number of esters is 4. The Morgan fingerprint density at radius 2 is 0.422 bits per heavy atom. The van der Waals surface area contributed by atoms with Gasteiger partial charge in [-0.05, 0) is 31.6 Å². The van der Waals surface area contributed by atoms with E-state index >= 15 is 0 Å². The molecule has 648 valence electrons. The second-order valence-corrected chi connectivity index (χ2v) is 35.7. The van der Waals surface area contributed by atoms with Crippen LogP contribution in [0.1, 0.15) is 490 Å². The van der Waals surface area contributed by atoms with Crippen molar-refractivity contribution in [2.24, 2.45) is 5.92 Å². The lowest BCUT2D eigenvalue weighted by Gasteiger charge is -2.21. The highest BCUT2D eigenvalue weighted by Crippen LogP contribution is 2.45. The van der Waals surface area contributed by atoms with E-state index in [1.165, 1.54) is 302 Å². The molecule has 0 saturated heterocycles. The fraction of sp³-hybridized carbons (Fsp3) is 0.956. The molecule has 0 aliphatic rings. The fourth-order valence-corrected chi connectivity index (χ4v) is 15.8. The number of rotatable bonds is 90. The van der Waals surface area contributed by atoms with Crippen LogP contribution in [0.4, 0.5) is 0 Å². The summed E-state index contributed by atoms with van der Waals surface area (Å²) in [5, 5.41) is 10.7. The first kappa shape index (κ1) is 107. The lowest BCUT2D eigenvalue weighted by molar-refractivity contribution is -0.161. The van der Waals surface area contributed by atoms with Crippen LogP contribution in [0.15, 0.2) is 0 Å². The molecule has 5 atom stereocenters. The van der Waals surface area contributed by atoms with E-state index in [0.29, 0.717) is 25.7 Å². The Hall–Kier alpha value is -1.94. The van der Waals surface area contributed by atoms with Gasteiger partial charge in [0.2, 0.25) is 0 Å². The highest BCUT2D eigenvalue weighted by atomic mass is 31.2. The minimum Gasteiger partial charge on any atom is -0.462 e. The van der Waals surface area contributed by atoms with E-state index in [1.807, 2.05) is 0 Å². The molecule has 0 bridgehead atoms. The molecule has 0 rings (SSSR count). The van der Waals surface area contributed by atoms with Crippen molar-refractivity contribution in [1.82, 2.24) is 0 Å². The molecule has 0 fully saturated rings. The van der Waals surface area contributed by atoms with Gasteiger partial charge in [-0.15, -0.1) is 0 Å². The molecule has 0 aliphatic carbocycles. The van der Waals surface area contributed by atoms with Crippen LogP contribution in [-0.2, 0) is 65.4 Å². The van der Waals surface area contributed by atoms with Gasteiger partial charge in [0, 0.05) is 25.7 Å². The average Bonchev–Trinajstić information content (AvgIpc) is 0.900.